The Kier molecular flexibility index (Phi) is 3.38. The highest BCUT2D eigenvalue weighted by atomic mass is 19.1. The van der Waals surface area contributed by atoms with E-state index in [0.717, 1.165) is 0 Å². The van der Waals surface area contributed by atoms with Crippen LogP contribution in [0.1, 0.15) is 19.4 Å². The van der Waals surface area contributed by atoms with Crippen LogP contribution in [0.3, 0.4) is 0 Å². The third-order valence-electron chi connectivity index (χ3n) is 2.39. The number of nitriles is 1. The first kappa shape index (κ1) is 12.3. The quantitative estimate of drug-likeness (QED) is 0.791. The molecule has 0 heterocycles. The minimum absolute atomic E-state index is 0.248. The molecule has 1 aromatic carbocycles. The first-order chi connectivity index (χ1) is 7.46. The van der Waals surface area contributed by atoms with Crippen molar-refractivity contribution in [2.45, 2.75) is 19.3 Å². The van der Waals surface area contributed by atoms with Crippen molar-refractivity contribution >= 4 is 0 Å². The first-order valence-electron chi connectivity index (χ1n) is 4.79. The third kappa shape index (κ3) is 2.08. The first-order valence-corrected chi connectivity index (χ1v) is 4.79. The Labute approximate surface area is 94.4 Å². The Bertz CT molecular complexity index is 435. The number of nitrogens with zero attached hydrogens (tertiary/aromatic N) is 1. The number of benzene rings is 1. The molecule has 0 bridgehead atoms. The minimum atomic E-state index is -0.943. The van der Waals surface area contributed by atoms with Crippen molar-refractivity contribution in [2.24, 2.45) is 0 Å². The van der Waals surface area contributed by atoms with Crippen LogP contribution in [-0.4, -0.2) is 14.2 Å². The van der Waals surface area contributed by atoms with E-state index in [9.17, 15) is 4.39 Å². The summed E-state index contributed by atoms with van der Waals surface area (Å²) in [5.74, 6) is 0.193. The van der Waals surface area contributed by atoms with E-state index in [2.05, 4.69) is 0 Å². The molecule has 16 heavy (non-hydrogen) atoms. The molecule has 0 saturated heterocycles. The average Bonchev–Trinajstić information content (AvgIpc) is 2.27. The van der Waals surface area contributed by atoms with E-state index < -0.39 is 11.2 Å². The molecule has 0 saturated carbocycles. The molecule has 0 atom stereocenters. The van der Waals surface area contributed by atoms with Crippen LogP contribution in [0.15, 0.2) is 12.1 Å². The second-order valence-corrected chi connectivity index (χ2v) is 3.92. The average molecular weight is 223 g/mol. The summed E-state index contributed by atoms with van der Waals surface area (Å²) in [5, 5.41) is 9.01. The highest BCUT2D eigenvalue weighted by Gasteiger charge is 2.28. The zero-order valence-corrected chi connectivity index (χ0v) is 9.80. The molecule has 0 aliphatic heterocycles. The molecule has 4 heteroatoms. The van der Waals surface area contributed by atoms with Gasteiger partial charge >= 0.3 is 0 Å². The van der Waals surface area contributed by atoms with Crippen LogP contribution in [0.4, 0.5) is 4.39 Å². The van der Waals surface area contributed by atoms with Gasteiger partial charge in [0.2, 0.25) is 0 Å². The van der Waals surface area contributed by atoms with Gasteiger partial charge in [0.25, 0.3) is 0 Å². The van der Waals surface area contributed by atoms with Crippen LogP contribution in [0.5, 0.6) is 11.5 Å². The van der Waals surface area contributed by atoms with Crippen LogP contribution in [0.2, 0.25) is 0 Å². The lowest BCUT2D eigenvalue weighted by molar-refractivity contribution is 0.377. The summed E-state index contributed by atoms with van der Waals surface area (Å²) in [6.07, 6.45) is 0. The molecule has 0 aliphatic rings. The fraction of sp³-hybridized carbons (Fsp3) is 0.417. The van der Waals surface area contributed by atoms with Crippen molar-refractivity contribution in [3.05, 3.63) is 23.5 Å². The number of ether oxygens (including phenoxy) is 2. The van der Waals surface area contributed by atoms with Gasteiger partial charge in [0.05, 0.1) is 25.7 Å². The van der Waals surface area contributed by atoms with Crippen LogP contribution >= 0.6 is 0 Å². The van der Waals surface area contributed by atoms with Crippen molar-refractivity contribution in [3.8, 4) is 17.6 Å². The van der Waals surface area contributed by atoms with E-state index in [1.165, 1.54) is 20.3 Å². The van der Waals surface area contributed by atoms with Crippen LogP contribution in [0.25, 0.3) is 0 Å². The van der Waals surface area contributed by atoms with Crippen molar-refractivity contribution in [1.29, 1.82) is 5.26 Å². The summed E-state index contributed by atoms with van der Waals surface area (Å²) in [7, 11) is 2.88. The summed E-state index contributed by atoms with van der Waals surface area (Å²) in [6.45, 7) is 3.28. The molecule has 0 spiro atoms. The van der Waals surface area contributed by atoms with Gasteiger partial charge in [-0.15, -0.1) is 0 Å². The number of rotatable bonds is 3. The fourth-order valence-electron chi connectivity index (χ4n) is 1.50. The van der Waals surface area contributed by atoms with Gasteiger partial charge in [-0.2, -0.15) is 5.26 Å². The maximum atomic E-state index is 13.9. The third-order valence-corrected chi connectivity index (χ3v) is 2.39. The lowest BCUT2D eigenvalue weighted by Gasteiger charge is -2.20. The molecule has 3 nitrogen and oxygen atoms in total. The second-order valence-electron chi connectivity index (χ2n) is 3.92. The molecule has 0 aliphatic carbocycles. The molecule has 0 fully saturated rings. The lowest BCUT2D eigenvalue weighted by Crippen LogP contribution is -2.17. The van der Waals surface area contributed by atoms with Gasteiger partial charge in [0.15, 0.2) is 0 Å². The van der Waals surface area contributed by atoms with Crippen molar-refractivity contribution in [2.75, 3.05) is 14.2 Å². The molecular weight excluding hydrogens is 209 g/mol. The SMILES string of the molecule is COc1cc(F)c(C(C)(C)C#N)c(OC)c1. The minimum Gasteiger partial charge on any atom is -0.497 e. The van der Waals surface area contributed by atoms with E-state index in [1.807, 2.05) is 6.07 Å². The van der Waals surface area contributed by atoms with Gasteiger partial charge in [0, 0.05) is 17.7 Å². The number of hydrogen-bond acceptors (Lipinski definition) is 3. The molecule has 1 aromatic rings. The summed E-state index contributed by atoms with van der Waals surface area (Å²) < 4.78 is 23.9. The smallest absolute Gasteiger partial charge is 0.135 e. The van der Waals surface area contributed by atoms with E-state index in [4.69, 9.17) is 14.7 Å². The van der Waals surface area contributed by atoms with Gasteiger partial charge in [-0.05, 0) is 13.8 Å². The summed E-state index contributed by atoms with van der Waals surface area (Å²) >= 11 is 0. The van der Waals surface area contributed by atoms with E-state index in [-0.39, 0.29) is 5.56 Å². The highest BCUT2D eigenvalue weighted by molar-refractivity contribution is 5.48. The molecule has 0 unspecified atom stereocenters. The normalized spacial score (nSPS) is 10.8. The topological polar surface area (TPSA) is 42.2 Å². The monoisotopic (exact) mass is 223 g/mol. The molecular formula is C12H14FNO2. The number of halogens is 1. The van der Waals surface area contributed by atoms with Crippen LogP contribution in [0, 0.1) is 17.1 Å². The molecule has 0 N–H and O–H groups in total. The van der Waals surface area contributed by atoms with Gasteiger partial charge in [0.1, 0.15) is 17.3 Å². The van der Waals surface area contributed by atoms with E-state index in [1.54, 1.807) is 19.9 Å². The molecule has 86 valence electrons. The number of hydrogen-bond donors (Lipinski definition) is 0. The molecule has 0 aromatic heterocycles. The van der Waals surface area contributed by atoms with Crippen molar-refractivity contribution in [1.82, 2.24) is 0 Å². The predicted molar refractivity (Wildman–Crippen MR) is 58.1 cm³/mol. The van der Waals surface area contributed by atoms with Crippen molar-refractivity contribution < 1.29 is 13.9 Å². The van der Waals surface area contributed by atoms with Crippen LogP contribution < -0.4 is 9.47 Å². The Morgan fingerprint density at radius 1 is 1.25 bits per heavy atom. The molecule has 0 radical (unpaired) electrons. The Morgan fingerprint density at radius 2 is 1.88 bits per heavy atom. The van der Waals surface area contributed by atoms with Gasteiger partial charge in [-0.1, -0.05) is 0 Å². The van der Waals surface area contributed by atoms with Crippen molar-refractivity contribution in [3.63, 3.8) is 0 Å². The second kappa shape index (κ2) is 4.40. The zero-order chi connectivity index (χ0) is 12.3. The molecule has 1 rings (SSSR count). The van der Waals surface area contributed by atoms with Gasteiger partial charge < -0.3 is 9.47 Å². The molecule has 0 amide bonds. The van der Waals surface area contributed by atoms with Crippen LogP contribution in [-0.2, 0) is 5.41 Å². The largest absolute Gasteiger partial charge is 0.497 e. The summed E-state index contributed by atoms with van der Waals surface area (Å²) in [6, 6.07) is 4.86. The Hall–Kier alpha value is -1.76. The fourth-order valence-corrected chi connectivity index (χ4v) is 1.50. The van der Waals surface area contributed by atoms with E-state index in [0.29, 0.717) is 11.5 Å². The summed E-state index contributed by atoms with van der Waals surface area (Å²) in [4.78, 5) is 0. The Morgan fingerprint density at radius 3 is 2.31 bits per heavy atom. The predicted octanol–water partition coefficient (Wildman–Crippen LogP) is 2.64. The number of methoxy groups -OCH3 is 2. The van der Waals surface area contributed by atoms with E-state index >= 15 is 0 Å². The zero-order valence-electron chi connectivity index (χ0n) is 9.80. The maximum absolute atomic E-state index is 13.9. The van der Waals surface area contributed by atoms with Gasteiger partial charge in [-0.25, -0.2) is 4.39 Å². The lowest BCUT2D eigenvalue weighted by atomic mass is 9.85. The standard InChI is InChI=1S/C12H14FNO2/c1-12(2,7-14)11-9(13)5-8(15-3)6-10(11)16-4/h5-6H,1-4H3. The Balaban J connectivity index is 3.45. The maximum Gasteiger partial charge on any atom is 0.135 e. The summed E-state index contributed by atoms with van der Waals surface area (Å²) in [5.41, 5.74) is -0.694. The highest BCUT2D eigenvalue weighted by Crippen LogP contribution is 2.36. The van der Waals surface area contributed by atoms with Gasteiger partial charge in [-0.3, -0.25) is 0 Å².